The van der Waals surface area contributed by atoms with Crippen LogP contribution >= 0.6 is 34.7 Å². The molecule has 4 aromatic rings. The number of anilines is 1. The highest BCUT2D eigenvalue weighted by Crippen LogP contribution is 2.26. The Balaban J connectivity index is 1.43. The second kappa shape index (κ2) is 8.86. The second-order valence-corrected chi connectivity index (χ2v) is 9.89. The van der Waals surface area contributed by atoms with E-state index in [9.17, 15) is 9.59 Å². The molecule has 0 saturated carbocycles. The second-order valence-electron chi connectivity index (χ2n) is 7.60. The van der Waals surface area contributed by atoms with Crippen LogP contribution < -0.4 is 10.9 Å². The number of thiophene rings is 1. The van der Waals surface area contributed by atoms with Gasteiger partial charge in [-0.1, -0.05) is 29.4 Å². The number of benzene rings is 1. The van der Waals surface area contributed by atoms with Gasteiger partial charge in [-0.2, -0.15) is 0 Å². The number of thioether (sulfide) groups is 1. The summed E-state index contributed by atoms with van der Waals surface area (Å²) < 4.78 is 9.86. The molecule has 1 saturated heterocycles. The van der Waals surface area contributed by atoms with Crippen LogP contribution in [0.15, 0.2) is 39.6 Å². The van der Waals surface area contributed by atoms with Gasteiger partial charge >= 0.3 is 0 Å². The Morgan fingerprint density at radius 2 is 2.25 bits per heavy atom. The molecule has 1 aliphatic rings. The van der Waals surface area contributed by atoms with Gasteiger partial charge < -0.3 is 10.1 Å². The van der Waals surface area contributed by atoms with Crippen molar-refractivity contribution in [3.05, 3.63) is 50.6 Å². The quantitative estimate of drug-likeness (QED) is 0.412. The molecule has 11 heteroatoms. The zero-order valence-corrected chi connectivity index (χ0v) is 19.6. The largest absolute Gasteiger partial charge is 0.376 e. The Kier molecular flexibility index (Phi) is 5.93. The maximum Gasteiger partial charge on any atom is 0.272 e. The number of fused-ring (bicyclic) bond motifs is 3. The number of amides is 1. The van der Waals surface area contributed by atoms with Crippen molar-refractivity contribution >= 4 is 62.3 Å². The van der Waals surface area contributed by atoms with Crippen LogP contribution in [0.25, 0.3) is 16.0 Å². The standard InChI is InChI=1S/C21H20ClN5O3S2/c1-12-4-5-13(22)9-15(12)23-17(28)11-32-21-25-24-20-26(10-14-3-2-7-30-14)19(29)18-16(27(20)21)6-8-31-18/h4-6,8-9,14H,2-3,7,10-11H2,1H3,(H,23,28). The van der Waals surface area contributed by atoms with E-state index in [1.165, 1.54) is 23.1 Å². The van der Waals surface area contributed by atoms with E-state index in [1.54, 1.807) is 16.7 Å². The molecule has 4 heterocycles. The van der Waals surface area contributed by atoms with E-state index in [2.05, 4.69) is 15.5 Å². The first kappa shape index (κ1) is 21.4. The van der Waals surface area contributed by atoms with Crippen LogP contribution in [0, 0.1) is 6.92 Å². The summed E-state index contributed by atoms with van der Waals surface area (Å²) in [5.74, 6) is 0.430. The van der Waals surface area contributed by atoms with Crippen LogP contribution in [-0.2, 0) is 16.1 Å². The lowest BCUT2D eigenvalue weighted by Crippen LogP contribution is -2.28. The fraction of sp³-hybridized carbons (Fsp3) is 0.333. The summed E-state index contributed by atoms with van der Waals surface area (Å²) >= 11 is 8.71. The zero-order valence-electron chi connectivity index (χ0n) is 17.2. The van der Waals surface area contributed by atoms with Crippen molar-refractivity contribution in [1.29, 1.82) is 0 Å². The molecule has 166 valence electrons. The molecule has 1 aromatic carbocycles. The molecule has 1 N–H and O–H groups in total. The lowest BCUT2D eigenvalue weighted by molar-refractivity contribution is -0.113. The number of carbonyl (C=O) groups excluding carboxylic acids is 1. The van der Waals surface area contributed by atoms with Crippen molar-refractivity contribution in [2.24, 2.45) is 0 Å². The average Bonchev–Trinajstić information content (AvgIpc) is 3.52. The van der Waals surface area contributed by atoms with Gasteiger partial charge in [0.05, 0.1) is 23.9 Å². The molecule has 1 fully saturated rings. The minimum Gasteiger partial charge on any atom is -0.376 e. The number of aromatic nitrogens is 4. The molecule has 0 spiro atoms. The summed E-state index contributed by atoms with van der Waals surface area (Å²) in [7, 11) is 0. The summed E-state index contributed by atoms with van der Waals surface area (Å²) in [6, 6.07) is 7.25. The molecular weight excluding hydrogens is 470 g/mol. The van der Waals surface area contributed by atoms with E-state index in [0.717, 1.165) is 23.9 Å². The Morgan fingerprint density at radius 1 is 1.38 bits per heavy atom. The van der Waals surface area contributed by atoms with Crippen LogP contribution in [-0.4, -0.2) is 43.5 Å². The Labute approximate surface area is 196 Å². The van der Waals surface area contributed by atoms with E-state index in [-0.39, 0.29) is 23.3 Å². The van der Waals surface area contributed by atoms with Gasteiger partial charge in [0.25, 0.3) is 5.56 Å². The Bertz CT molecular complexity index is 1370. The number of hydrogen-bond donors (Lipinski definition) is 1. The topological polar surface area (TPSA) is 90.5 Å². The molecular formula is C21H20ClN5O3S2. The molecule has 0 aliphatic carbocycles. The van der Waals surface area contributed by atoms with Crippen molar-refractivity contribution in [2.75, 3.05) is 17.7 Å². The highest BCUT2D eigenvalue weighted by atomic mass is 35.5. The summed E-state index contributed by atoms with van der Waals surface area (Å²) in [5.41, 5.74) is 2.27. The third-order valence-electron chi connectivity index (χ3n) is 5.40. The van der Waals surface area contributed by atoms with Crippen molar-refractivity contribution in [3.63, 3.8) is 0 Å². The van der Waals surface area contributed by atoms with Crippen molar-refractivity contribution in [1.82, 2.24) is 19.2 Å². The summed E-state index contributed by atoms with van der Waals surface area (Å²) in [5, 5.41) is 14.5. The van der Waals surface area contributed by atoms with E-state index >= 15 is 0 Å². The lowest BCUT2D eigenvalue weighted by atomic mass is 10.2. The molecule has 32 heavy (non-hydrogen) atoms. The van der Waals surface area contributed by atoms with Crippen LogP contribution in [0.3, 0.4) is 0 Å². The fourth-order valence-electron chi connectivity index (χ4n) is 3.80. The minimum atomic E-state index is -0.175. The van der Waals surface area contributed by atoms with E-state index < -0.39 is 0 Å². The predicted octanol–water partition coefficient (Wildman–Crippen LogP) is 3.98. The van der Waals surface area contributed by atoms with Gasteiger partial charge in [-0.05, 0) is 48.9 Å². The minimum absolute atomic E-state index is 0.00608. The summed E-state index contributed by atoms with van der Waals surface area (Å²) in [6.07, 6.45) is 1.90. The lowest BCUT2D eigenvalue weighted by Gasteiger charge is -2.13. The Hall–Kier alpha value is -2.40. The van der Waals surface area contributed by atoms with Gasteiger partial charge in [0.1, 0.15) is 4.70 Å². The van der Waals surface area contributed by atoms with E-state index in [4.69, 9.17) is 16.3 Å². The van der Waals surface area contributed by atoms with Gasteiger partial charge in [0.15, 0.2) is 5.16 Å². The van der Waals surface area contributed by atoms with Gasteiger partial charge in [-0.25, -0.2) is 0 Å². The number of rotatable bonds is 6. The smallest absolute Gasteiger partial charge is 0.272 e. The number of ether oxygens (including phenoxy) is 1. The predicted molar refractivity (Wildman–Crippen MR) is 127 cm³/mol. The maximum absolute atomic E-state index is 13.1. The molecule has 5 rings (SSSR count). The van der Waals surface area contributed by atoms with Crippen molar-refractivity contribution in [2.45, 2.75) is 37.6 Å². The van der Waals surface area contributed by atoms with E-state index in [1.807, 2.05) is 28.8 Å². The third kappa shape index (κ3) is 4.03. The van der Waals surface area contributed by atoms with Gasteiger partial charge in [0, 0.05) is 17.3 Å². The van der Waals surface area contributed by atoms with Crippen LogP contribution in [0.5, 0.6) is 0 Å². The van der Waals surface area contributed by atoms with Crippen LogP contribution in [0.2, 0.25) is 5.02 Å². The molecule has 1 unspecified atom stereocenters. The third-order valence-corrected chi connectivity index (χ3v) is 7.45. The summed E-state index contributed by atoms with van der Waals surface area (Å²) in [6.45, 7) is 3.06. The van der Waals surface area contributed by atoms with Crippen molar-refractivity contribution in [3.8, 4) is 0 Å². The molecule has 1 aliphatic heterocycles. The molecule has 1 atom stereocenters. The van der Waals surface area contributed by atoms with Crippen LogP contribution in [0.1, 0.15) is 18.4 Å². The maximum atomic E-state index is 13.1. The highest BCUT2D eigenvalue weighted by Gasteiger charge is 2.23. The zero-order chi connectivity index (χ0) is 22.2. The summed E-state index contributed by atoms with van der Waals surface area (Å²) in [4.78, 5) is 25.7. The molecule has 3 aromatic heterocycles. The van der Waals surface area contributed by atoms with Gasteiger partial charge in [-0.15, -0.1) is 21.5 Å². The first-order valence-corrected chi connectivity index (χ1v) is 12.4. The number of carbonyl (C=O) groups is 1. The number of halogens is 1. The number of nitrogens with zero attached hydrogens (tertiary/aromatic N) is 4. The molecule has 0 radical (unpaired) electrons. The number of aryl methyl sites for hydroxylation is 1. The van der Waals surface area contributed by atoms with Crippen molar-refractivity contribution < 1.29 is 9.53 Å². The van der Waals surface area contributed by atoms with Gasteiger partial charge in [-0.3, -0.25) is 18.6 Å². The van der Waals surface area contributed by atoms with E-state index in [0.29, 0.717) is 39.5 Å². The first-order chi connectivity index (χ1) is 15.5. The highest BCUT2D eigenvalue weighted by molar-refractivity contribution is 7.99. The monoisotopic (exact) mass is 489 g/mol. The molecule has 1 amide bonds. The first-order valence-electron chi connectivity index (χ1n) is 10.2. The number of nitrogens with one attached hydrogen (secondary N) is 1. The fourth-order valence-corrected chi connectivity index (χ4v) is 5.53. The molecule has 8 nitrogen and oxygen atoms in total. The SMILES string of the molecule is Cc1ccc(Cl)cc1NC(=O)CSc1nnc2n(CC3CCCO3)c(=O)c3sccc3n12. The normalized spacial score (nSPS) is 16.2. The van der Waals surface area contributed by atoms with Gasteiger partial charge in [0.2, 0.25) is 11.7 Å². The molecule has 0 bridgehead atoms. The Morgan fingerprint density at radius 3 is 3.06 bits per heavy atom. The van der Waals surface area contributed by atoms with Crippen LogP contribution in [0.4, 0.5) is 5.69 Å². The number of hydrogen-bond acceptors (Lipinski definition) is 7. The average molecular weight is 490 g/mol.